The molecule has 1 unspecified atom stereocenters. The number of hydrogen-bond donors (Lipinski definition) is 1. The Hall–Kier alpha value is -2.14. The molecular weight excluding hydrogens is 338 g/mol. The van der Waals surface area contributed by atoms with E-state index in [1.165, 1.54) is 19.3 Å². The van der Waals surface area contributed by atoms with Crippen molar-refractivity contribution >= 4 is 16.8 Å². The van der Waals surface area contributed by atoms with Gasteiger partial charge in [0.15, 0.2) is 0 Å². The molecule has 0 aliphatic carbocycles. The summed E-state index contributed by atoms with van der Waals surface area (Å²) < 4.78 is 1.79. The van der Waals surface area contributed by atoms with Crippen molar-refractivity contribution in [2.45, 2.75) is 59.5 Å². The van der Waals surface area contributed by atoms with Gasteiger partial charge in [-0.15, -0.1) is 0 Å². The van der Waals surface area contributed by atoms with Crippen LogP contribution in [0, 0.1) is 12.3 Å². The van der Waals surface area contributed by atoms with Crippen LogP contribution in [0.25, 0.3) is 10.9 Å². The van der Waals surface area contributed by atoms with Crippen molar-refractivity contribution in [3.05, 3.63) is 45.7 Å². The summed E-state index contributed by atoms with van der Waals surface area (Å²) in [6.45, 7) is 11.3. The molecule has 5 nitrogen and oxygen atoms in total. The number of carbonyl (C=O) groups is 1. The number of primary amides is 1. The third-order valence-electron chi connectivity index (χ3n) is 5.83. The van der Waals surface area contributed by atoms with Crippen molar-refractivity contribution in [3.63, 3.8) is 0 Å². The fourth-order valence-corrected chi connectivity index (χ4v) is 4.40. The number of piperidine rings is 1. The summed E-state index contributed by atoms with van der Waals surface area (Å²) >= 11 is 0. The molecule has 3 rings (SSSR count). The molecule has 1 aromatic heterocycles. The number of aromatic nitrogens is 1. The van der Waals surface area contributed by atoms with Gasteiger partial charge in [0.25, 0.3) is 5.56 Å². The van der Waals surface area contributed by atoms with Crippen molar-refractivity contribution < 1.29 is 4.79 Å². The lowest BCUT2D eigenvalue weighted by atomic mass is 9.80. The van der Waals surface area contributed by atoms with Crippen LogP contribution in [0.15, 0.2) is 29.1 Å². The lowest BCUT2D eigenvalue weighted by Gasteiger charge is -2.43. The Morgan fingerprint density at radius 1 is 1.19 bits per heavy atom. The zero-order valence-electron chi connectivity index (χ0n) is 16.9. The highest BCUT2D eigenvalue weighted by atomic mass is 16.1. The normalized spacial score (nSPS) is 18.7. The number of rotatable bonds is 4. The van der Waals surface area contributed by atoms with Gasteiger partial charge in [0.1, 0.15) is 0 Å². The number of hydrogen-bond acceptors (Lipinski definition) is 3. The Kier molecular flexibility index (Phi) is 5.43. The summed E-state index contributed by atoms with van der Waals surface area (Å²) in [5.74, 6) is -0.471. The second kappa shape index (κ2) is 7.47. The fourth-order valence-electron chi connectivity index (χ4n) is 4.40. The van der Waals surface area contributed by atoms with Crippen LogP contribution in [-0.4, -0.2) is 34.5 Å². The van der Waals surface area contributed by atoms with E-state index >= 15 is 0 Å². The van der Waals surface area contributed by atoms with E-state index in [0.717, 1.165) is 29.6 Å². The van der Waals surface area contributed by atoms with Crippen LogP contribution in [0.1, 0.15) is 56.0 Å². The third kappa shape index (κ3) is 4.08. The van der Waals surface area contributed by atoms with Gasteiger partial charge in [-0.1, -0.05) is 33.3 Å². The van der Waals surface area contributed by atoms with Gasteiger partial charge >= 0.3 is 0 Å². The Bertz CT molecular complexity index is 908. The first-order chi connectivity index (χ1) is 12.7. The maximum atomic E-state index is 12.7. The van der Waals surface area contributed by atoms with Crippen LogP contribution in [0.5, 0.6) is 0 Å². The van der Waals surface area contributed by atoms with Gasteiger partial charge in [0, 0.05) is 36.1 Å². The molecule has 0 bridgehead atoms. The second-order valence-corrected chi connectivity index (χ2v) is 8.83. The van der Waals surface area contributed by atoms with Crippen molar-refractivity contribution in [2.24, 2.45) is 11.1 Å². The van der Waals surface area contributed by atoms with Gasteiger partial charge in [0.2, 0.25) is 5.91 Å². The number of nitrogens with zero attached hydrogens (tertiary/aromatic N) is 2. The van der Waals surface area contributed by atoms with E-state index < -0.39 is 5.91 Å². The summed E-state index contributed by atoms with van der Waals surface area (Å²) in [6.07, 6.45) is 3.69. The Balaban J connectivity index is 1.95. The Morgan fingerprint density at radius 2 is 1.93 bits per heavy atom. The topological polar surface area (TPSA) is 68.3 Å². The zero-order valence-corrected chi connectivity index (χ0v) is 16.9. The van der Waals surface area contributed by atoms with Crippen LogP contribution in [0.2, 0.25) is 0 Å². The highest BCUT2D eigenvalue weighted by molar-refractivity contribution is 5.97. The first kappa shape index (κ1) is 19.6. The summed E-state index contributed by atoms with van der Waals surface area (Å²) in [7, 11) is 0. The quantitative estimate of drug-likeness (QED) is 0.899. The molecule has 1 fully saturated rings. The van der Waals surface area contributed by atoms with E-state index in [4.69, 9.17) is 5.73 Å². The highest BCUT2D eigenvalue weighted by Gasteiger charge is 2.32. The average Bonchev–Trinajstić information content (AvgIpc) is 2.60. The smallest absolute Gasteiger partial charge is 0.251 e. The molecule has 5 heteroatoms. The van der Waals surface area contributed by atoms with E-state index in [2.05, 4.69) is 25.7 Å². The third-order valence-corrected chi connectivity index (χ3v) is 5.83. The summed E-state index contributed by atoms with van der Waals surface area (Å²) in [6, 6.07) is 7.58. The fraction of sp³-hybridized carbons (Fsp3) is 0.545. The van der Waals surface area contributed by atoms with Crippen molar-refractivity contribution in [3.8, 4) is 0 Å². The second-order valence-electron chi connectivity index (χ2n) is 8.83. The lowest BCUT2D eigenvalue weighted by Crippen LogP contribution is -2.48. The predicted octanol–water partition coefficient (Wildman–Crippen LogP) is 3.31. The summed E-state index contributed by atoms with van der Waals surface area (Å²) in [4.78, 5) is 26.9. The molecule has 1 aliphatic heterocycles. The molecule has 1 aromatic carbocycles. The molecule has 2 aromatic rings. The number of pyridine rings is 1. The Morgan fingerprint density at radius 3 is 2.59 bits per heavy atom. The first-order valence-corrected chi connectivity index (χ1v) is 9.86. The molecule has 0 saturated carbocycles. The number of aryl methyl sites for hydroxylation is 1. The van der Waals surface area contributed by atoms with Crippen molar-refractivity contribution in [1.29, 1.82) is 0 Å². The van der Waals surface area contributed by atoms with Gasteiger partial charge in [-0.25, -0.2) is 0 Å². The highest BCUT2D eigenvalue weighted by Crippen LogP contribution is 2.31. The minimum atomic E-state index is -0.471. The van der Waals surface area contributed by atoms with Gasteiger partial charge < -0.3 is 10.3 Å². The molecule has 1 atom stereocenters. The number of amides is 1. The van der Waals surface area contributed by atoms with Gasteiger partial charge in [0.05, 0.1) is 5.52 Å². The molecule has 1 saturated heterocycles. The van der Waals surface area contributed by atoms with Crippen molar-refractivity contribution in [2.75, 3.05) is 13.1 Å². The predicted molar refractivity (Wildman–Crippen MR) is 110 cm³/mol. The van der Waals surface area contributed by atoms with Crippen LogP contribution in [-0.2, 0) is 6.54 Å². The SMILES string of the molecule is Cc1cc(=O)n(CCN2CCCCC2C(C)(C)C)c2cc(C(N)=O)ccc12. The van der Waals surface area contributed by atoms with Crippen LogP contribution < -0.4 is 11.3 Å². The van der Waals surface area contributed by atoms with Crippen LogP contribution in [0.4, 0.5) is 0 Å². The number of benzene rings is 1. The van der Waals surface area contributed by atoms with E-state index in [1.807, 2.05) is 13.0 Å². The van der Waals surface area contributed by atoms with Crippen LogP contribution in [0.3, 0.4) is 0 Å². The summed E-state index contributed by atoms with van der Waals surface area (Å²) in [5.41, 5.74) is 7.81. The van der Waals surface area contributed by atoms with E-state index in [-0.39, 0.29) is 11.0 Å². The number of nitrogens with two attached hydrogens (primary N) is 1. The van der Waals surface area contributed by atoms with Gasteiger partial charge in [-0.05, 0) is 49.4 Å². The molecule has 0 spiro atoms. The van der Waals surface area contributed by atoms with Crippen molar-refractivity contribution in [1.82, 2.24) is 9.47 Å². The largest absolute Gasteiger partial charge is 0.366 e. The molecule has 2 N–H and O–H groups in total. The molecular formula is C22H31N3O2. The molecule has 27 heavy (non-hydrogen) atoms. The molecule has 1 aliphatic rings. The average molecular weight is 370 g/mol. The first-order valence-electron chi connectivity index (χ1n) is 9.86. The van der Waals surface area contributed by atoms with Crippen LogP contribution >= 0.6 is 0 Å². The summed E-state index contributed by atoms with van der Waals surface area (Å²) in [5, 5.41) is 0.991. The van der Waals surface area contributed by atoms with E-state index in [9.17, 15) is 9.59 Å². The lowest BCUT2D eigenvalue weighted by molar-refractivity contribution is 0.0610. The van der Waals surface area contributed by atoms with Gasteiger partial charge in [-0.2, -0.15) is 0 Å². The minimum Gasteiger partial charge on any atom is -0.366 e. The number of carbonyl (C=O) groups excluding carboxylic acids is 1. The van der Waals surface area contributed by atoms with Gasteiger partial charge in [-0.3, -0.25) is 14.5 Å². The molecule has 146 valence electrons. The zero-order chi connectivity index (χ0) is 19.8. The maximum Gasteiger partial charge on any atom is 0.251 e. The Labute approximate surface area is 161 Å². The molecule has 0 radical (unpaired) electrons. The van der Waals surface area contributed by atoms with E-state index in [1.54, 1.807) is 22.8 Å². The molecule has 1 amide bonds. The monoisotopic (exact) mass is 369 g/mol. The molecule has 2 heterocycles. The maximum absolute atomic E-state index is 12.7. The standard InChI is InChI=1S/C22H31N3O2/c1-15-13-20(26)25(18-14-16(21(23)27)8-9-17(15)18)12-11-24-10-6-5-7-19(24)22(2,3)4/h8-9,13-14,19H,5-7,10-12H2,1-4H3,(H2,23,27). The van der Waals surface area contributed by atoms with E-state index in [0.29, 0.717) is 18.2 Å². The minimum absolute atomic E-state index is 0.0223. The number of likely N-dealkylation sites (tertiary alicyclic amines) is 1. The number of fused-ring (bicyclic) bond motifs is 1.